The van der Waals surface area contributed by atoms with E-state index in [9.17, 15) is 19.5 Å². The maximum Gasteiger partial charge on any atom is 0.307 e. The van der Waals surface area contributed by atoms with Crippen LogP contribution in [0.4, 0.5) is 0 Å². The fraction of sp³-hybridized carbons (Fsp3) is 0.737. The first-order chi connectivity index (χ1) is 12.0. The molecule has 25 heavy (non-hydrogen) atoms. The Hall–Kier alpha value is -1.85. The fourth-order valence-corrected chi connectivity index (χ4v) is 6.11. The molecule has 2 atom stereocenters. The highest BCUT2D eigenvalue weighted by molar-refractivity contribution is 5.89. The SMILES string of the molecule is O=C(O)[C@H]1CC=CC[C@H]1C(=O)NNC(=O)C12CC3CC(CC(C3)C1)C2. The lowest BCUT2D eigenvalue weighted by Gasteiger charge is -2.55. The molecule has 4 fully saturated rings. The molecule has 0 radical (unpaired) electrons. The van der Waals surface area contributed by atoms with Crippen molar-refractivity contribution < 1.29 is 19.5 Å². The Labute approximate surface area is 147 Å². The summed E-state index contributed by atoms with van der Waals surface area (Å²) in [7, 11) is 0. The van der Waals surface area contributed by atoms with Gasteiger partial charge in [0.15, 0.2) is 0 Å². The number of carboxylic acids is 1. The van der Waals surface area contributed by atoms with Gasteiger partial charge in [-0.25, -0.2) is 0 Å². The number of aliphatic carboxylic acids is 1. The number of hydrazine groups is 1. The second-order valence-corrected chi connectivity index (χ2v) is 8.64. The van der Waals surface area contributed by atoms with Gasteiger partial charge in [0.1, 0.15) is 0 Å². The lowest BCUT2D eigenvalue weighted by atomic mass is 9.49. The lowest BCUT2D eigenvalue weighted by molar-refractivity contribution is -0.151. The molecule has 5 aliphatic rings. The summed E-state index contributed by atoms with van der Waals surface area (Å²) in [6, 6.07) is 0. The number of hydrogen-bond donors (Lipinski definition) is 3. The van der Waals surface area contributed by atoms with Gasteiger partial charge < -0.3 is 5.11 Å². The summed E-state index contributed by atoms with van der Waals surface area (Å²) in [5, 5.41) is 9.29. The minimum atomic E-state index is -0.961. The van der Waals surface area contributed by atoms with Crippen molar-refractivity contribution in [1.82, 2.24) is 10.9 Å². The van der Waals surface area contributed by atoms with E-state index in [2.05, 4.69) is 10.9 Å². The molecule has 4 bridgehead atoms. The van der Waals surface area contributed by atoms with Crippen molar-refractivity contribution in [3.8, 4) is 0 Å². The smallest absolute Gasteiger partial charge is 0.307 e. The summed E-state index contributed by atoms with van der Waals surface area (Å²) in [6.45, 7) is 0. The van der Waals surface area contributed by atoms with Gasteiger partial charge in [-0.1, -0.05) is 12.2 Å². The predicted molar refractivity (Wildman–Crippen MR) is 89.9 cm³/mol. The van der Waals surface area contributed by atoms with E-state index in [-0.39, 0.29) is 11.3 Å². The first-order valence-corrected chi connectivity index (χ1v) is 9.45. The zero-order valence-corrected chi connectivity index (χ0v) is 14.4. The number of allylic oxidation sites excluding steroid dienone is 2. The van der Waals surface area contributed by atoms with Crippen LogP contribution in [0.5, 0.6) is 0 Å². The number of carboxylic acid groups (broad SMARTS) is 1. The van der Waals surface area contributed by atoms with Gasteiger partial charge in [-0.15, -0.1) is 0 Å². The van der Waals surface area contributed by atoms with E-state index in [1.54, 1.807) is 6.08 Å². The summed E-state index contributed by atoms with van der Waals surface area (Å²) in [5.41, 5.74) is 4.85. The summed E-state index contributed by atoms with van der Waals surface area (Å²) in [4.78, 5) is 36.6. The van der Waals surface area contributed by atoms with Gasteiger partial charge >= 0.3 is 5.97 Å². The largest absolute Gasteiger partial charge is 0.481 e. The van der Waals surface area contributed by atoms with Crippen LogP contribution in [-0.2, 0) is 14.4 Å². The van der Waals surface area contributed by atoms with E-state index in [1.165, 1.54) is 19.3 Å². The zero-order valence-electron chi connectivity index (χ0n) is 14.4. The molecule has 0 heterocycles. The van der Waals surface area contributed by atoms with Crippen LogP contribution in [0.1, 0.15) is 51.4 Å². The minimum absolute atomic E-state index is 0.0711. The quantitative estimate of drug-likeness (QED) is 0.538. The number of carbonyl (C=O) groups is 3. The van der Waals surface area contributed by atoms with Crippen LogP contribution in [0.25, 0.3) is 0 Å². The van der Waals surface area contributed by atoms with E-state index in [0.717, 1.165) is 19.3 Å². The molecule has 0 saturated heterocycles. The van der Waals surface area contributed by atoms with Gasteiger partial charge in [0, 0.05) is 0 Å². The Morgan fingerprint density at radius 3 is 1.88 bits per heavy atom. The first-order valence-electron chi connectivity index (χ1n) is 9.45. The summed E-state index contributed by atoms with van der Waals surface area (Å²) < 4.78 is 0. The fourth-order valence-electron chi connectivity index (χ4n) is 6.11. The van der Waals surface area contributed by atoms with E-state index >= 15 is 0 Å². The maximum absolute atomic E-state index is 12.8. The van der Waals surface area contributed by atoms with Gasteiger partial charge in [-0.05, 0) is 69.1 Å². The van der Waals surface area contributed by atoms with Crippen LogP contribution in [0.3, 0.4) is 0 Å². The van der Waals surface area contributed by atoms with Crippen molar-refractivity contribution in [2.75, 3.05) is 0 Å². The molecular weight excluding hydrogens is 320 g/mol. The van der Waals surface area contributed by atoms with E-state index in [1.807, 2.05) is 6.08 Å². The molecule has 0 aromatic heterocycles. The number of nitrogens with one attached hydrogen (secondary N) is 2. The highest BCUT2D eigenvalue weighted by Crippen LogP contribution is 2.60. The van der Waals surface area contributed by atoms with Crippen LogP contribution >= 0.6 is 0 Å². The molecule has 5 rings (SSSR count). The Kier molecular flexibility index (Phi) is 4.08. The van der Waals surface area contributed by atoms with Gasteiger partial charge in [0.05, 0.1) is 17.3 Å². The summed E-state index contributed by atoms with van der Waals surface area (Å²) >= 11 is 0. The average molecular weight is 346 g/mol. The monoisotopic (exact) mass is 346 g/mol. The third-order valence-corrected chi connectivity index (χ3v) is 6.91. The molecule has 4 saturated carbocycles. The number of carbonyl (C=O) groups excluding carboxylic acids is 2. The second-order valence-electron chi connectivity index (χ2n) is 8.64. The molecule has 0 unspecified atom stereocenters. The molecule has 2 amide bonds. The predicted octanol–water partition coefficient (Wildman–Crippen LogP) is 2.02. The van der Waals surface area contributed by atoms with Crippen LogP contribution < -0.4 is 10.9 Å². The van der Waals surface area contributed by atoms with Crippen LogP contribution in [-0.4, -0.2) is 22.9 Å². The van der Waals surface area contributed by atoms with E-state index < -0.39 is 23.7 Å². The summed E-state index contributed by atoms with van der Waals surface area (Å²) in [5.74, 6) is -0.793. The number of rotatable bonds is 3. The van der Waals surface area contributed by atoms with Crippen molar-refractivity contribution >= 4 is 17.8 Å². The average Bonchev–Trinajstić information content (AvgIpc) is 2.58. The van der Waals surface area contributed by atoms with Gasteiger partial charge in [-0.2, -0.15) is 0 Å². The van der Waals surface area contributed by atoms with Crippen molar-refractivity contribution in [1.29, 1.82) is 0 Å². The Morgan fingerprint density at radius 1 is 0.840 bits per heavy atom. The lowest BCUT2D eigenvalue weighted by Crippen LogP contribution is -2.57. The maximum atomic E-state index is 12.8. The standard InChI is InChI=1S/C19H26N2O4/c22-16(14-3-1-2-4-15(14)17(23)24)20-21-18(25)19-8-11-5-12(9-19)7-13(6-11)10-19/h1-2,11-15H,3-10H2,(H,20,22)(H,21,25)(H,23,24)/t11?,12?,13?,14-,15+,19?/m1/s1. The second kappa shape index (κ2) is 6.15. The molecular formula is C19H26N2O4. The van der Waals surface area contributed by atoms with Gasteiger partial charge in [0.25, 0.3) is 0 Å². The molecule has 0 aromatic rings. The molecule has 0 aromatic carbocycles. The zero-order chi connectivity index (χ0) is 17.6. The molecule has 5 aliphatic carbocycles. The summed E-state index contributed by atoms with van der Waals surface area (Å²) in [6.07, 6.45) is 11.0. The van der Waals surface area contributed by atoms with Crippen LogP contribution in [0.2, 0.25) is 0 Å². The highest BCUT2D eigenvalue weighted by atomic mass is 16.4. The minimum Gasteiger partial charge on any atom is -0.481 e. The molecule has 0 spiro atoms. The normalized spacial score (nSPS) is 41.4. The third-order valence-electron chi connectivity index (χ3n) is 6.91. The van der Waals surface area contributed by atoms with Gasteiger partial charge in [-0.3, -0.25) is 25.2 Å². The third kappa shape index (κ3) is 2.96. The highest BCUT2D eigenvalue weighted by Gasteiger charge is 2.54. The topological polar surface area (TPSA) is 95.5 Å². The van der Waals surface area contributed by atoms with Gasteiger partial charge in [0.2, 0.25) is 11.8 Å². The number of amides is 2. The van der Waals surface area contributed by atoms with E-state index in [4.69, 9.17) is 0 Å². The Balaban J connectivity index is 1.38. The molecule has 6 nitrogen and oxygen atoms in total. The number of hydrogen-bond acceptors (Lipinski definition) is 3. The Morgan fingerprint density at radius 2 is 1.36 bits per heavy atom. The molecule has 0 aliphatic heterocycles. The van der Waals surface area contributed by atoms with Crippen LogP contribution in [0, 0.1) is 35.0 Å². The van der Waals surface area contributed by atoms with E-state index in [0.29, 0.717) is 30.6 Å². The molecule has 3 N–H and O–H groups in total. The van der Waals surface area contributed by atoms with Crippen LogP contribution in [0.15, 0.2) is 12.2 Å². The van der Waals surface area contributed by atoms with Crippen molar-refractivity contribution in [3.63, 3.8) is 0 Å². The molecule has 6 heteroatoms. The van der Waals surface area contributed by atoms with Crippen molar-refractivity contribution in [2.45, 2.75) is 51.4 Å². The van der Waals surface area contributed by atoms with Crippen molar-refractivity contribution in [3.05, 3.63) is 12.2 Å². The molecule has 136 valence electrons. The first kappa shape index (κ1) is 16.6. The Bertz CT molecular complexity index is 592. The van der Waals surface area contributed by atoms with Crippen molar-refractivity contribution in [2.24, 2.45) is 35.0 Å².